The lowest BCUT2D eigenvalue weighted by molar-refractivity contribution is 0.0952. The Hall–Kier alpha value is -2.21. The number of hydrogen-bond acceptors (Lipinski definition) is 3. The van der Waals surface area contributed by atoms with Gasteiger partial charge in [0.25, 0.3) is 5.91 Å². The van der Waals surface area contributed by atoms with Gasteiger partial charge in [-0.05, 0) is 24.5 Å². The van der Waals surface area contributed by atoms with E-state index in [-0.39, 0.29) is 17.6 Å². The maximum atomic E-state index is 13.5. The first-order valence-corrected chi connectivity index (χ1v) is 7.38. The lowest BCUT2D eigenvalue weighted by Gasteiger charge is -2.09. The number of carbonyl (C=O) groups is 1. The number of H-pyrrole nitrogens is 1. The molecule has 0 saturated carbocycles. The molecule has 0 radical (unpaired) electrons. The molecule has 0 bridgehead atoms. The van der Waals surface area contributed by atoms with Crippen molar-refractivity contribution < 1.29 is 13.9 Å². The minimum atomic E-state index is -0.246. The largest absolute Gasteiger partial charge is 0.381 e. The van der Waals surface area contributed by atoms with Crippen molar-refractivity contribution in [3.05, 3.63) is 53.1 Å². The van der Waals surface area contributed by atoms with E-state index < -0.39 is 0 Å². The Balaban J connectivity index is 1.58. The zero-order valence-corrected chi connectivity index (χ0v) is 12.1. The van der Waals surface area contributed by atoms with E-state index >= 15 is 0 Å². The predicted molar refractivity (Wildman–Crippen MR) is 79.2 cm³/mol. The van der Waals surface area contributed by atoms with E-state index in [4.69, 9.17) is 4.74 Å². The summed E-state index contributed by atoms with van der Waals surface area (Å²) in [4.78, 5) is 12.3. The molecule has 1 atom stereocenters. The standard InChI is InChI=1S/C16H18FN3O2/c17-14-4-2-1-3-11(14)5-7-18-16(21)13-9-19-20-15(13)12-6-8-22-10-12/h1-4,9,12H,5-8,10H2,(H,18,21)(H,19,20). The van der Waals surface area contributed by atoms with Crippen molar-refractivity contribution in [2.45, 2.75) is 18.8 Å². The average molecular weight is 303 g/mol. The summed E-state index contributed by atoms with van der Waals surface area (Å²) in [6, 6.07) is 6.58. The maximum Gasteiger partial charge on any atom is 0.254 e. The molecule has 5 nitrogen and oxygen atoms in total. The molecule has 3 rings (SSSR count). The van der Waals surface area contributed by atoms with Crippen molar-refractivity contribution in [2.75, 3.05) is 19.8 Å². The molecular formula is C16H18FN3O2. The van der Waals surface area contributed by atoms with Gasteiger partial charge in [-0.1, -0.05) is 18.2 Å². The summed E-state index contributed by atoms with van der Waals surface area (Å²) in [5.41, 5.74) is 1.96. The maximum absolute atomic E-state index is 13.5. The highest BCUT2D eigenvalue weighted by Crippen LogP contribution is 2.25. The number of amides is 1. The summed E-state index contributed by atoms with van der Waals surface area (Å²) in [6.07, 6.45) is 2.88. The molecule has 1 saturated heterocycles. The third kappa shape index (κ3) is 3.17. The first-order chi connectivity index (χ1) is 10.8. The lowest BCUT2D eigenvalue weighted by atomic mass is 10.0. The Bertz CT molecular complexity index is 650. The summed E-state index contributed by atoms with van der Waals surface area (Å²) >= 11 is 0. The van der Waals surface area contributed by atoms with Gasteiger partial charge in [-0.2, -0.15) is 5.10 Å². The molecular weight excluding hydrogens is 285 g/mol. The molecule has 22 heavy (non-hydrogen) atoms. The molecule has 6 heteroatoms. The van der Waals surface area contributed by atoms with E-state index in [9.17, 15) is 9.18 Å². The molecule has 1 aromatic carbocycles. The molecule has 1 aliphatic rings. The number of ether oxygens (including phenoxy) is 1. The van der Waals surface area contributed by atoms with Crippen LogP contribution in [0.1, 0.15) is 34.0 Å². The van der Waals surface area contributed by atoms with E-state index in [0.29, 0.717) is 37.3 Å². The van der Waals surface area contributed by atoms with Crippen molar-refractivity contribution >= 4 is 5.91 Å². The first-order valence-electron chi connectivity index (χ1n) is 7.38. The van der Waals surface area contributed by atoms with Gasteiger partial charge in [0.15, 0.2) is 0 Å². The van der Waals surface area contributed by atoms with Crippen LogP contribution in [-0.4, -0.2) is 35.9 Å². The SMILES string of the molecule is O=C(NCCc1ccccc1F)c1cn[nH]c1C1CCOC1. The van der Waals surface area contributed by atoms with Crippen LogP contribution in [0.4, 0.5) is 4.39 Å². The molecule has 1 aromatic heterocycles. The summed E-state index contributed by atoms with van der Waals surface area (Å²) in [5, 5.41) is 9.68. The molecule has 2 aromatic rings. The third-order valence-electron chi connectivity index (χ3n) is 3.89. The predicted octanol–water partition coefficient (Wildman–Crippen LogP) is 2.03. The Kier molecular flexibility index (Phi) is 4.48. The minimum absolute atomic E-state index is 0.188. The summed E-state index contributed by atoms with van der Waals surface area (Å²) < 4.78 is 18.9. The molecule has 0 spiro atoms. The molecule has 0 aliphatic carbocycles. The zero-order chi connectivity index (χ0) is 15.4. The fraction of sp³-hybridized carbons (Fsp3) is 0.375. The number of benzene rings is 1. The number of halogens is 1. The van der Waals surface area contributed by atoms with Gasteiger partial charge < -0.3 is 10.1 Å². The highest BCUT2D eigenvalue weighted by atomic mass is 19.1. The van der Waals surface area contributed by atoms with Gasteiger partial charge >= 0.3 is 0 Å². The van der Waals surface area contributed by atoms with Crippen molar-refractivity contribution in [3.8, 4) is 0 Å². The smallest absolute Gasteiger partial charge is 0.254 e. The highest BCUT2D eigenvalue weighted by molar-refractivity contribution is 5.95. The molecule has 1 fully saturated rings. The Morgan fingerprint density at radius 1 is 1.45 bits per heavy atom. The van der Waals surface area contributed by atoms with Crippen LogP contribution in [0, 0.1) is 5.82 Å². The molecule has 116 valence electrons. The Labute approximate surface area is 127 Å². The van der Waals surface area contributed by atoms with E-state index in [1.54, 1.807) is 18.2 Å². The van der Waals surface area contributed by atoms with Crippen LogP contribution in [-0.2, 0) is 11.2 Å². The fourth-order valence-electron chi connectivity index (χ4n) is 2.66. The van der Waals surface area contributed by atoms with Gasteiger partial charge in [-0.25, -0.2) is 4.39 Å². The monoisotopic (exact) mass is 303 g/mol. The number of hydrogen-bond donors (Lipinski definition) is 2. The average Bonchev–Trinajstić information content (AvgIpc) is 3.19. The van der Waals surface area contributed by atoms with Crippen LogP contribution in [0.5, 0.6) is 0 Å². The second-order valence-electron chi connectivity index (χ2n) is 5.36. The Morgan fingerprint density at radius 3 is 3.09 bits per heavy atom. The Morgan fingerprint density at radius 2 is 2.32 bits per heavy atom. The topological polar surface area (TPSA) is 67.0 Å². The number of aromatic nitrogens is 2. The number of nitrogens with zero attached hydrogens (tertiary/aromatic N) is 1. The highest BCUT2D eigenvalue weighted by Gasteiger charge is 2.25. The van der Waals surface area contributed by atoms with Crippen LogP contribution in [0.25, 0.3) is 0 Å². The summed E-state index contributed by atoms with van der Waals surface area (Å²) in [7, 11) is 0. The fourth-order valence-corrected chi connectivity index (χ4v) is 2.66. The van der Waals surface area contributed by atoms with E-state index in [0.717, 1.165) is 12.1 Å². The quantitative estimate of drug-likeness (QED) is 0.888. The van der Waals surface area contributed by atoms with Crippen molar-refractivity contribution in [1.82, 2.24) is 15.5 Å². The van der Waals surface area contributed by atoms with Crippen LogP contribution < -0.4 is 5.32 Å². The van der Waals surface area contributed by atoms with Gasteiger partial charge in [0.05, 0.1) is 24.1 Å². The molecule has 2 N–H and O–H groups in total. The molecule has 1 amide bonds. The van der Waals surface area contributed by atoms with Crippen molar-refractivity contribution in [3.63, 3.8) is 0 Å². The van der Waals surface area contributed by atoms with Gasteiger partial charge in [0.1, 0.15) is 5.82 Å². The lowest BCUT2D eigenvalue weighted by Crippen LogP contribution is -2.27. The van der Waals surface area contributed by atoms with Crippen LogP contribution >= 0.6 is 0 Å². The number of rotatable bonds is 5. The second kappa shape index (κ2) is 6.70. The van der Waals surface area contributed by atoms with Crippen LogP contribution in [0.15, 0.2) is 30.5 Å². The first kappa shape index (κ1) is 14.7. The molecule has 2 heterocycles. The van der Waals surface area contributed by atoms with Crippen molar-refractivity contribution in [1.29, 1.82) is 0 Å². The van der Waals surface area contributed by atoms with E-state index in [1.165, 1.54) is 12.3 Å². The van der Waals surface area contributed by atoms with Crippen LogP contribution in [0.2, 0.25) is 0 Å². The summed E-state index contributed by atoms with van der Waals surface area (Å²) in [6.45, 7) is 1.70. The second-order valence-corrected chi connectivity index (χ2v) is 5.36. The molecule has 1 unspecified atom stereocenters. The summed E-state index contributed by atoms with van der Waals surface area (Å²) in [5.74, 6) is -0.245. The van der Waals surface area contributed by atoms with E-state index in [2.05, 4.69) is 15.5 Å². The van der Waals surface area contributed by atoms with Gasteiger partial charge in [-0.3, -0.25) is 9.89 Å². The van der Waals surface area contributed by atoms with Crippen LogP contribution in [0.3, 0.4) is 0 Å². The van der Waals surface area contributed by atoms with Gasteiger partial charge in [0, 0.05) is 19.1 Å². The zero-order valence-electron chi connectivity index (χ0n) is 12.1. The number of carbonyl (C=O) groups excluding carboxylic acids is 1. The number of nitrogens with one attached hydrogen (secondary N) is 2. The normalized spacial score (nSPS) is 17.6. The minimum Gasteiger partial charge on any atom is -0.381 e. The van der Waals surface area contributed by atoms with E-state index in [1.807, 2.05) is 0 Å². The van der Waals surface area contributed by atoms with Gasteiger partial charge in [-0.15, -0.1) is 0 Å². The number of aromatic amines is 1. The molecule has 1 aliphatic heterocycles. The van der Waals surface area contributed by atoms with Gasteiger partial charge in [0.2, 0.25) is 0 Å². The third-order valence-corrected chi connectivity index (χ3v) is 3.89. The van der Waals surface area contributed by atoms with Crippen molar-refractivity contribution in [2.24, 2.45) is 0 Å².